The number of nitrogens with zero attached hydrogens (tertiary/aromatic N) is 1. The third kappa shape index (κ3) is 3.46. The minimum Gasteiger partial charge on any atom is -0.313 e. The quantitative estimate of drug-likeness (QED) is 0.692. The smallest absolute Gasteiger partial charge is 0.0223 e. The molecule has 1 N–H and O–H groups in total. The van der Waals surface area contributed by atoms with Gasteiger partial charge in [0.15, 0.2) is 0 Å². The van der Waals surface area contributed by atoms with Crippen LogP contribution in [-0.4, -0.2) is 37.6 Å². The zero-order valence-electron chi connectivity index (χ0n) is 10.3. The Morgan fingerprint density at radius 1 is 1.27 bits per heavy atom. The zero-order valence-corrected chi connectivity index (χ0v) is 10.3. The van der Waals surface area contributed by atoms with Crippen LogP contribution >= 0.6 is 0 Å². The number of hydrogen-bond acceptors (Lipinski definition) is 2. The van der Waals surface area contributed by atoms with Crippen LogP contribution < -0.4 is 5.32 Å². The second kappa shape index (κ2) is 5.31. The summed E-state index contributed by atoms with van der Waals surface area (Å²) in [5.41, 5.74) is 0. The molecule has 0 amide bonds. The summed E-state index contributed by atoms with van der Waals surface area (Å²) in [7, 11) is 2.30. The first-order valence-corrected chi connectivity index (χ1v) is 6.71. The van der Waals surface area contributed by atoms with Gasteiger partial charge >= 0.3 is 0 Å². The minimum absolute atomic E-state index is 0.764. The van der Waals surface area contributed by atoms with Crippen molar-refractivity contribution in [2.24, 2.45) is 11.8 Å². The van der Waals surface area contributed by atoms with E-state index in [4.69, 9.17) is 0 Å². The number of rotatable bonds is 7. The fourth-order valence-electron chi connectivity index (χ4n) is 2.67. The van der Waals surface area contributed by atoms with Crippen LogP contribution in [0.5, 0.6) is 0 Å². The normalized spacial score (nSPS) is 24.2. The first-order chi connectivity index (χ1) is 7.29. The molecule has 2 saturated carbocycles. The van der Waals surface area contributed by atoms with Gasteiger partial charge in [-0.05, 0) is 51.1 Å². The lowest BCUT2D eigenvalue weighted by atomic mass is 9.85. The summed E-state index contributed by atoms with van der Waals surface area (Å²) in [6, 6.07) is 0.764. The first kappa shape index (κ1) is 11.4. The van der Waals surface area contributed by atoms with Gasteiger partial charge in [0.1, 0.15) is 0 Å². The topological polar surface area (TPSA) is 15.3 Å². The number of likely N-dealkylation sites (N-methyl/N-ethyl adjacent to an activating group) is 2. The SMILES string of the molecule is CCNC(CN(C)CC1CCC1)C1CC1. The molecule has 0 radical (unpaired) electrons. The van der Waals surface area contributed by atoms with E-state index in [9.17, 15) is 0 Å². The maximum Gasteiger partial charge on any atom is 0.0223 e. The highest BCUT2D eigenvalue weighted by molar-refractivity contribution is 4.88. The Labute approximate surface area is 94.4 Å². The molecule has 0 aliphatic heterocycles. The average molecular weight is 210 g/mol. The molecule has 0 aromatic carbocycles. The molecule has 15 heavy (non-hydrogen) atoms. The van der Waals surface area contributed by atoms with Crippen molar-refractivity contribution in [3.63, 3.8) is 0 Å². The summed E-state index contributed by atoms with van der Waals surface area (Å²) >= 11 is 0. The Morgan fingerprint density at radius 2 is 2.00 bits per heavy atom. The van der Waals surface area contributed by atoms with Crippen LogP contribution in [0.4, 0.5) is 0 Å². The van der Waals surface area contributed by atoms with Crippen molar-refractivity contribution in [3.05, 3.63) is 0 Å². The summed E-state index contributed by atoms with van der Waals surface area (Å²) in [6.45, 7) is 5.93. The summed E-state index contributed by atoms with van der Waals surface area (Å²) in [5, 5.41) is 3.64. The highest BCUT2D eigenvalue weighted by Crippen LogP contribution is 2.33. The molecule has 2 nitrogen and oxygen atoms in total. The van der Waals surface area contributed by atoms with Crippen LogP contribution in [0.25, 0.3) is 0 Å². The van der Waals surface area contributed by atoms with Gasteiger partial charge in [-0.25, -0.2) is 0 Å². The molecule has 0 heterocycles. The molecule has 0 saturated heterocycles. The van der Waals surface area contributed by atoms with Crippen LogP contribution in [0.15, 0.2) is 0 Å². The third-order valence-corrected chi connectivity index (χ3v) is 3.96. The summed E-state index contributed by atoms with van der Waals surface area (Å²) in [6.07, 6.45) is 7.32. The Balaban J connectivity index is 1.67. The summed E-state index contributed by atoms with van der Waals surface area (Å²) in [5.74, 6) is 1.99. The minimum atomic E-state index is 0.764. The van der Waals surface area contributed by atoms with E-state index >= 15 is 0 Å². The van der Waals surface area contributed by atoms with E-state index in [1.807, 2.05) is 0 Å². The van der Waals surface area contributed by atoms with E-state index in [1.165, 1.54) is 45.2 Å². The average Bonchev–Trinajstić information content (AvgIpc) is 2.94. The molecule has 1 unspecified atom stereocenters. The van der Waals surface area contributed by atoms with Crippen molar-refractivity contribution < 1.29 is 0 Å². The molecule has 0 aromatic rings. The van der Waals surface area contributed by atoms with Crippen LogP contribution in [0.3, 0.4) is 0 Å². The van der Waals surface area contributed by atoms with Crippen molar-refractivity contribution in [1.82, 2.24) is 10.2 Å². The Hall–Kier alpha value is -0.0800. The highest BCUT2D eigenvalue weighted by atomic mass is 15.1. The Kier molecular flexibility index (Phi) is 4.04. The van der Waals surface area contributed by atoms with E-state index in [0.717, 1.165) is 24.4 Å². The van der Waals surface area contributed by atoms with Crippen molar-refractivity contribution in [2.45, 2.75) is 45.1 Å². The van der Waals surface area contributed by atoms with Crippen molar-refractivity contribution in [2.75, 3.05) is 26.7 Å². The van der Waals surface area contributed by atoms with Crippen LogP contribution in [-0.2, 0) is 0 Å². The van der Waals surface area contributed by atoms with Gasteiger partial charge in [0, 0.05) is 19.1 Å². The Bertz CT molecular complexity index is 185. The maximum atomic E-state index is 3.64. The largest absolute Gasteiger partial charge is 0.313 e. The van der Waals surface area contributed by atoms with E-state index in [-0.39, 0.29) is 0 Å². The lowest BCUT2D eigenvalue weighted by molar-refractivity contribution is 0.187. The van der Waals surface area contributed by atoms with Crippen molar-refractivity contribution in [3.8, 4) is 0 Å². The van der Waals surface area contributed by atoms with Gasteiger partial charge in [0.25, 0.3) is 0 Å². The molecular formula is C13H26N2. The standard InChI is InChI=1S/C13H26N2/c1-3-14-13(12-7-8-12)10-15(2)9-11-5-4-6-11/h11-14H,3-10H2,1-2H3. The number of nitrogens with one attached hydrogen (secondary N) is 1. The van der Waals surface area contributed by atoms with Gasteiger partial charge in [-0.3, -0.25) is 0 Å². The van der Waals surface area contributed by atoms with E-state index in [1.54, 1.807) is 0 Å². The van der Waals surface area contributed by atoms with Crippen molar-refractivity contribution in [1.29, 1.82) is 0 Å². The molecule has 1 atom stereocenters. The Morgan fingerprint density at radius 3 is 2.47 bits per heavy atom. The molecule has 2 rings (SSSR count). The lowest BCUT2D eigenvalue weighted by Gasteiger charge is -2.32. The monoisotopic (exact) mass is 210 g/mol. The molecule has 0 spiro atoms. The molecule has 2 aliphatic carbocycles. The maximum absolute atomic E-state index is 3.64. The van der Waals surface area contributed by atoms with Gasteiger partial charge in [0.2, 0.25) is 0 Å². The predicted molar refractivity (Wildman–Crippen MR) is 65.0 cm³/mol. The number of hydrogen-bond donors (Lipinski definition) is 1. The third-order valence-electron chi connectivity index (χ3n) is 3.96. The van der Waals surface area contributed by atoms with E-state index in [0.29, 0.717) is 0 Å². The fourth-order valence-corrected chi connectivity index (χ4v) is 2.67. The molecule has 2 aliphatic rings. The van der Waals surface area contributed by atoms with Crippen LogP contribution in [0, 0.1) is 11.8 Å². The highest BCUT2D eigenvalue weighted by Gasteiger charge is 2.31. The molecule has 2 heteroatoms. The van der Waals surface area contributed by atoms with E-state index in [2.05, 4.69) is 24.2 Å². The molecule has 0 bridgehead atoms. The van der Waals surface area contributed by atoms with Gasteiger partial charge in [-0.2, -0.15) is 0 Å². The molecule has 2 fully saturated rings. The van der Waals surface area contributed by atoms with Gasteiger partial charge in [-0.15, -0.1) is 0 Å². The summed E-state index contributed by atoms with van der Waals surface area (Å²) in [4.78, 5) is 2.55. The van der Waals surface area contributed by atoms with Gasteiger partial charge < -0.3 is 10.2 Å². The van der Waals surface area contributed by atoms with Crippen molar-refractivity contribution >= 4 is 0 Å². The van der Waals surface area contributed by atoms with Gasteiger partial charge in [-0.1, -0.05) is 13.3 Å². The molecular weight excluding hydrogens is 184 g/mol. The lowest BCUT2D eigenvalue weighted by Crippen LogP contribution is -2.43. The van der Waals surface area contributed by atoms with Crippen LogP contribution in [0.2, 0.25) is 0 Å². The van der Waals surface area contributed by atoms with Gasteiger partial charge in [0.05, 0.1) is 0 Å². The summed E-state index contributed by atoms with van der Waals surface area (Å²) < 4.78 is 0. The molecule has 0 aromatic heterocycles. The molecule has 88 valence electrons. The second-order valence-electron chi connectivity index (χ2n) is 5.52. The van der Waals surface area contributed by atoms with E-state index < -0.39 is 0 Å². The first-order valence-electron chi connectivity index (χ1n) is 6.71. The predicted octanol–water partition coefficient (Wildman–Crippen LogP) is 2.11. The zero-order chi connectivity index (χ0) is 10.7. The van der Waals surface area contributed by atoms with Crippen LogP contribution in [0.1, 0.15) is 39.0 Å². The fraction of sp³-hybridized carbons (Fsp3) is 1.00. The second-order valence-corrected chi connectivity index (χ2v) is 5.52.